The number of anilines is 1. The second kappa shape index (κ2) is 5.00. The minimum Gasteiger partial charge on any atom is -0.392 e. The summed E-state index contributed by atoms with van der Waals surface area (Å²) in [7, 11) is 1.73. The predicted molar refractivity (Wildman–Crippen MR) is 62.9 cm³/mol. The predicted octanol–water partition coefficient (Wildman–Crippen LogP) is 2.84. The second-order valence-corrected chi connectivity index (χ2v) is 4.62. The molecule has 1 aromatic carbocycles. The van der Waals surface area contributed by atoms with Gasteiger partial charge in [-0.05, 0) is 30.5 Å². The van der Waals surface area contributed by atoms with E-state index in [-0.39, 0.29) is 23.9 Å². The summed E-state index contributed by atoms with van der Waals surface area (Å²) in [5, 5.41) is 8.88. The van der Waals surface area contributed by atoms with Gasteiger partial charge in [-0.15, -0.1) is 0 Å². The number of hydrogen-bond donors (Lipinski definition) is 1. The van der Waals surface area contributed by atoms with E-state index in [2.05, 4.69) is 0 Å². The van der Waals surface area contributed by atoms with Gasteiger partial charge in [0.1, 0.15) is 17.3 Å². The lowest BCUT2D eigenvalue weighted by Gasteiger charge is -2.27. The van der Waals surface area contributed by atoms with Crippen molar-refractivity contribution < 1.29 is 13.9 Å². The summed E-state index contributed by atoms with van der Waals surface area (Å²) >= 11 is 0. The smallest absolute Gasteiger partial charge is 0.149 e. The molecule has 2 rings (SSSR count). The van der Waals surface area contributed by atoms with Gasteiger partial charge in [0.25, 0.3) is 0 Å². The highest BCUT2D eigenvalue weighted by Gasteiger charge is 2.24. The summed E-state index contributed by atoms with van der Waals surface area (Å²) in [6, 6.07) is 2.62. The number of nitrogens with zero attached hydrogens (tertiary/aromatic N) is 1. The molecule has 0 unspecified atom stereocenters. The van der Waals surface area contributed by atoms with Crippen molar-refractivity contribution in [2.45, 2.75) is 38.3 Å². The zero-order valence-electron chi connectivity index (χ0n) is 9.92. The maximum absolute atomic E-state index is 13.8. The number of aliphatic hydroxyl groups is 1. The first-order chi connectivity index (χ1) is 8.13. The Morgan fingerprint density at radius 2 is 1.76 bits per heavy atom. The monoisotopic (exact) mass is 241 g/mol. The number of rotatable bonds is 3. The molecule has 0 heterocycles. The lowest BCUT2D eigenvalue weighted by molar-refractivity contribution is 0.280. The van der Waals surface area contributed by atoms with Crippen molar-refractivity contribution >= 4 is 5.69 Å². The van der Waals surface area contributed by atoms with Gasteiger partial charge in [0, 0.05) is 13.1 Å². The van der Waals surface area contributed by atoms with Gasteiger partial charge in [0.15, 0.2) is 0 Å². The van der Waals surface area contributed by atoms with E-state index in [4.69, 9.17) is 5.11 Å². The molecule has 0 aromatic heterocycles. The van der Waals surface area contributed by atoms with Crippen molar-refractivity contribution in [3.63, 3.8) is 0 Å². The SMILES string of the molecule is CN(c1c(F)cc(CO)cc1F)C1CCCC1. The molecule has 4 heteroatoms. The van der Waals surface area contributed by atoms with E-state index in [1.807, 2.05) is 0 Å². The molecule has 0 saturated heterocycles. The highest BCUT2D eigenvalue weighted by Crippen LogP contribution is 2.31. The second-order valence-electron chi connectivity index (χ2n) is 4.62. The fraction of sp³-hybridized carbons (Fsp3) is 0.538. The Bertz CT molecular complexity index is 379. The Labute approximate surface area is 99.9 Å². The summed E-state index contributed by atoms with van der Waals surface area (Å²) in [5.74, 6) is -1.19. The van der Waals surface area contributed by atoms with Crippen LogP contribution in [0.4, 0.5) is 14.5 Å². The molecule has 1 aromatic rings. The van der Waals surface area contributed by atoms with Gasteiger partial charge in [0.2, 0.25) is 0 Å². The number of aliphatic hydroxyl groups excluding tert-OH is 1. The van der Waals surface area contributed by atoms with Gasteiger partial charge in [-0.25, -0.2) is 8.78 Å². The summed E-state index contributed by atoms with van der Waals surface area (Å²) < 4.78 is 27.6. The highest BCUT2D eigenvalue weighted by atomic mass is 19.1. The van der Waals surface area contributed by atoms with Crippen LogP contribution in [-0.2, 0) is 6.61 Å². The zero-order valence-corrected chi connectivity index (χ0v) is 9.92. The van der Waals surface area contributed by atoms with Gasteiger partial charge < -0.3 is 10.0 Å². The fourth-order valence-electron chi connectivity index (χ4n) is 2.52. The van der Waals surface area contributed by atoms with Crippen LogP contribution in [0.5, 0.6) is 0 Å². The lowest BCUT2D eigenvalue weighted by atomic mass is 10.1. The van der Waals surface area contributed by atoms with Crippen LogP contribution in [-0.4, -0.2) is 18.2 Å². The first-order valence-corrected chi connectivity index (χ1v) is 5.95. The zero-order chi connectivity index (χ0) is 12.4. The molecule has 0 aliphatic heterocycles. The van der Waals surface area contributed by atoms with Crippen molar-refractivity contribution in [2.75, 3.05) is 11.9 Å². The molecular weight excluding hydrogens is 224 g/mol. The average molecular weight is 241 g/mol. The van der Waals surface area contributed by atoms with Crippen molar-refractivity contribution in [2.24, 2.45) is 0 Å². The molecule has 17 heavy (non-hydrogen) atoms. The molecule has 1 fully saturated rings. The molecule has 1 aliphatic rings. The van der Waals surface area contributed by atoms with Crippen molar-refractivity contribution in [1.29, 1.82) is 0 Å². The van der Waals surface area contributed by atoms with Crippen LogP contribution in [0, 0.1) is 11.6 Å². The summed E-state index contributed by atoms with van der Waals surface area (Å²) in [6.07, 6.45) is 4.20. The van der Waals surface area contributed by atoms with E-state index in [0.717, 1.165) is 25.7 Å². The van der Waals surface area contributed by atoms with E-state index >= 15 is 0 Å². The highest BCUT2D eigenvalue weighted by molar-refractivity contribution is 5.51. The molecule has 0 radical (unpaired) electrons. The Morgan fingerprint density at radius 1 is 1.24 bits per heavy atom. The molecule has 2 nitrogen and oxygen atoms in total. The largest absolute Gasteiger partial charge is 0.392 e. The lowest BCUT2D eigenvalue weighted by Crippen LogP contribution is -2.30. The first kappa shape index (κ1) is 12.3. The number of hydrogen-bond acceptors (Lipinski definition) is 2. The molecule has 94 valence electrons. The molecule has 0 bridgehead atoms. The van der Waals surface area contributed by atoms with Crippen LogP contribution in [0.3, 0.4) is 0 Å². The van der Waals surface area contributed by atoms with Crippen molar-refractivity contribution in [3.05, 3.63) is 29.3 Å². The van der Waals surface area contributed by atoms with Crippen molar-refractivity contribution in [3.8, 4) is 0 Å². The summed E-state index contributed by atoms with van der Waals surface area (Å²) in [4.78, 5) is 1.69. The third-order valence-corrected chi connectivity index (χ3v) is 3.48. The average Bonchev–Trinajstić information content (AvgIpc) is 2.81. The molecule has 0 atom stereocenters. The standard InChI is InChI=1S/C13H17F2NO/c1-16(10-4-2-3-5-10)13-11(14)6-9(8-17)7-12(13)15/h6-7,10,17H,2-5,8H2,1H3. The Hall–Kier alpha value is -1.16. The minimum atomic E-state index is -0.594. The fourth-order valence-corrected chi connectivity index (χ4v) is 2.52. The van der Waals surface area contributed by atoms with Crippen LogP contribution in [0.15, 0.2) is 12.1 Å². The summed E-state index contributed by atoms with van der Waals surface area (Å²) in [5.41, 5.74) is 0.290. The minimum absolute atomic E-state index is 0.0223. The third-order valence-electron chi connectivity index (χ3n) is 3.48. The van der Waals surface area contributed by atoms with Gasteiger partial charge in [-0.1, -0.05) is 12.8 Å². The maximum Gasteiger partial charge on any atom is 0.149 e. The van der Waals surface area contributed by atoms with Gasteiger partial charge in [-0.3, -0.25) is 0 Å². The van der Waals surface area contributed by atoms with Crippen LogP contribution < -0.4 is 4.90 Å². The van der Waals surface area contributed by atoms with E-state index in [1.54, 1.807) is 11.9 Å². The van der Waals surface area contributed by atoms with Crippen LogP contribution in [0.1, 0.15) is 31.2 Å². The van der Waals surface area contributed by atoms with Crippen molar-refractivity contribution in [1.82, 2.24) is 0 Å². The molecule has 1 N–H and O–H groups in total. The third kappa shape index (κ3) is 2.41. The van der Waals surface area contributed by atoms with E-state index in [0.29, 0.717) is 0 Å². The molecule has 1 saturated carbocycles. The Morgan fingerprint density at radius 3 is 2.24 bits per heavy atom. The van der Waals surface area contributed by atoms with Crippen LogP contribution in [0.25, 0.3) is 0 Å². The van der Waals surface area contributed by atoms with E-state index < -0.39 is 11.6 Å². The topological polar surface area (TPSA) is 23.5 Å². The molecule has 0 spiro atoms. The molecular formula is C13H17F2NO. The van der Waals surface area contributed by atoms with E-state index in [1.165, 1.54) is 12.1 Å². The van der Waals surface area contributed by atoms with Gasteiger partial charge >= 0.3 is 0 Å². The van der Waals surface area contributed by atoms with E-state index in [9.17, 15) is 8.78 Å². The number of benzene rings is 1. The van der Waals surface area contributed by atoms with Crippen LogP contribution >= 0.6 is 0 Å². The van der Waals surface area contributed by atoms with Gasteiger partial charge in [0.05, 0.1) is 6.61 Å². The maximum atomic E-state index is 13.8. The normalized spacial score (nSPS) is 16.5. The quantitative estimate of drug-likeness (QED) is 0.879. The summed E-state index contributed by atoms with van der Waals surface area (Å²) in [6.45, 7) is -0.346. The first-order valence-electron chi connectivity index (χ1n) is 5.95. The van der Waals surface area contributed by atoms with Gasteiger partial charge in [-0.2, -0.15) is 0 Å². The number of halogens is 2. The Balaban J connectivity index is 2.30. The molecule has 0 amide bonds. The molecule has 1 aliphatic carbocycles. The Kier molecular flexibility index (Phi) is 3.62. The van der Waals surface area contributed by atoms with Crippen LogP contribution in [0.2, 0.25) is 0 Å².